The maximum absolute atomic E-state index is 5.98. The maximum Gasteiger partial charge on any atom is 0.119 e. The summed E-state index contributed by atoms with van der Waals surface area (Å²) in [5, 5.41) is 7.31. The van der Waals surface area contributed by atoms with Crippen molar-refractivity contribution in [2.24, 2.45) is 11.8 Å². The number of benzene rings is 2. The van der Waals surface area contributed by atoms with Crippen LogP contribution in [-0.2, 0) is 13.1 Å². The molecule has 2 N–H and O–H groups in total. The third kappa shape index (κ3) is 14.0. The van der Waals surface area contributed by atoms with E-state index in [0.717, 1.165) is 62.5 Å². The summed E-state index contributed by atoms with van der Waals surface area (Å²) in [7, 11) is 0. The number of ether oxygens (including phenoxy) is 2. The van der Waals surface area contributed by atoms with Gasteiger partial charge >= 0.3 is 0 Å². The molecule has 0 unspecified atom stereocenters. The Morgan fingerprint density at radius 1 is 0.452 bits per heavy atom. The van der Waals surface area contributed by atoms with Gasteiger partial charge in [0.05, 0.1) is 13.2 Å². The van der Waals surface area contributed by atoms with Crippen molar-refractivity contribution in [2.45, 2.75) is 129 Å². The van der Waals surface area contributed by atoms with Crippen molar-refractivity contribution < 1.29 is 9.47 Å². The molecule has 2 aliphatic carbocycles. The minimum absolute atomic E-state index is 0.828. The number of unbranched alkanes of at least 4 members (excludes halogenated alkanes) is 7. The van der Waals surface area contributed by atoms with E-state index in [2.05, 4.69) is 59.2 Å². The highest BCUT2D eigenvalue weighted by Crippen LogP contribution is 2.24. The normalized spacial score (nSPS) is 16.5. The van der Waals surface area contributed by atoms with Crippen LogP contribution in [0.25, 0.3) is 0 Å². The summed E-state index contributed by atoms with van der Waals surface area (Å²) in [5.41, 5.74) is 2.71. The summed E-state index contributed by atoms with van der Waals surface area (Å²) in [5.74, 6) is 3.79. The highest BCUT2D eigenvalue weighted by Gasteiger charge is 2.13. The van der Waals surface area contributed by atoms with Crippen LogP contribution < -0.4 is 20.1 Å². The second-order valence-electron chi connectivity index (χ2n) is 13.1. The van der Waals surface area contributed by atoms with E-state index in [1.807, 2.05) is 0 Å². The Morgan fingerprint density at radius 2 is 0.810 bits per heavy atom. The van der Waals surface area contributed by atoms with E-state index in [1.54, 1.807) is 0 Å². The first-order valence-electron chi connectivity index (χ1n) is 17.7. The summed E-state index contributed by atoms with van der Waals surface area (Å²) >= 11 is 0. The van der Waals surface area contributed by atoms with E-state index < -0.39 is 0 Å². The molecule has 2 aromatic rings. The minimum Gasteiger partial charge on any atom is -0.494 e. The molecule has 0 atom stereocenters. The van der Waals surface area contributed by atoms with Gasteiger partial charge in [-0.15, -0.1) is 0 Å². The van der Waals surface area contributed by atoms with Crippen molar-refractivity contribution in [1.82, 2.24) is 10.6 Å². The monoisotopic (exact) mass is 576 g/mol. The Bertz CT molecular complexity index is 840. The molecule has 2 fully saturated rings. The molecule has 0 aliphatic heterocycles. The average Bonchev–Trinajstić information content (AvgIpc) is 3.04. The van der Waals surface area contributed by atoms with Crippen LogP contribution in [0.5, 0.6) is 11.5 Å². The lowest BCUT2D eigenvalue weighted by Crippen LogP contribution is -2.24. The molecule has 0 bridgehead atoms. The Hall–Kier alpha value is -2.04. The molecule has 2 saturated carbocycles. The van der Waals surface area contributed by atoms with Crippen LogP contribution in [0.3, 0.4) is 0 Å². The first-order chi connectivity index (χ1) is 20.8. The number of nitrogens with one attached hydrogen (secondary N) is 2. The molecule has 0 spiro atoms. The molecular formula is C38H60N2O2. The van der Waals surface area contributed by atoms with Crippen LogP contribution in [-0.4, -0.2) is 26.3 Å². The fraction of sp³-hybridized carbons (Fsp3) is 0.684. The zero-order valence-corrected chi connectivity index (χ0v) is 26.6. The van der Waals surface area contributed by atoms with E-state index in [9.17, 15) is 0 Å². The zero-order chi connectivity index (χ0) is 28.9. The molecule has 2 aromatic carbocycles. The molecule has 4 rings (SSSR count). The second kappa shape index (κ2) is 20.8. The zero-order valence-electron chi connectivity index (χ0n) is 26.6. The lowest BCUT2D eigenvalue weighted by molar-refractivity contribution is 0.301. The molecule has 2 aliphatic rings. The van der Waals surface area contributed by atoms with Crippen molar-refractivity contribution in [2.75, 3.05) is 26.3 Å². The predicted molar refractivity (Wildman–Crippen MR) is 177 cm³/mol. The third-order valence-corrected chi connectivity index (χ3v) is 9.40. The first kappa shape index (κ1) is 32.9. The minimum atomic E-state index is 0.828. The number of rotatable bonds is 21. The SMILES string of the molecule is c1cc(OCCCCCCCCCCOc2ccc(CNCC3CCCCC3)cc2)ccc1CNCC1CCCCC1. The van der Waals surface area contributed by atoms with Gasteiger partial charge in [0.25, 0.3) is 0 Å². The van der Waals surface area contributed by atoms with Crippen LogP contribution in [0.1, 0.15) is 127 Å². The van der Waals surface area contributed by atoms with Crippen molar-refractivity contribution in [3.05, 3.63) is 59.7 Å². The topological polar surface area (TPSA) is 42.5 Å². The molecule has 42 heavy (non-hydrogen) atoms. The van der Waals surface area contributed by atoms with Gasteiger partial charge in [-0.25, -0.2) is 0 Å². The Balaban J connectivity index is 0.905. The number of hydrogen-bond acceptors (Lipinski definition) is 4. The predicted octanol–water partition coefficient (Wildman–Crippen LogP) is 9.61. The van der Waals surface area contributed by atoms with Gasteiger partial charge < -0.3 is 20.1 Å². The first-order valence-corrected chi connectivity index (χ1v) is 17.7. The fourth-order valence-corrected chi connectivity index (χ4v) is 6.68. The second-order valence-corrected chi connectivity index (χ2v) is 13.1. The van der Waals surface area contributed by atoms with Gasteiger partial charge in [-0.3, -0.25) is 0 Å². The van der Waals surface area contributed by atoms with Crippen LogP contribution >= 0.6 is 0 Å². The summed E-state index contributed by atoms with van der Waals surface area (Å²) in [6, 6.07) is 17.4. The maximum atomic E-state index is 5.98. The summed E-state index contributed by atoms with van der Waals surface area (Å²) in [6.45, 7) is 5.93. The molecule has 0 radical (unpaired) electrons. The van der Waals surface area contributed by atoms with E-state index in [1.165, 1.54) is 127 Å². The summed E-state index contributed by atoms with van der Waals surface area (Å²) < 4.78 is 12.0. The van der Waals surface area contributed by atoms with Crippen molar-refractivity contribution >= 4 is 0 Å². The molecular weight excluding hydrogens is 516 g/mol. The highest BCUT2D eigenvalue weighted by molar-refractivity contribution is 5.28. The van der Waals surface area contributed by atoms with Gasteiger partial charge in [0.2, 0.25) is 0 Å². The van der Waals surface area contributed by atoms with Crippen LogP contribution in [0.15, 0.2) is 48.5 Å². The van der Waals surface area contributed by atoms with Crippen LogP contribution in [0.2, 0.25) is 0 Å². The smallest absolute Gasteiger partial charge is 0.119 e. The molecule has 4 heteroatoms. The molecule has 4 nitrogen and oxygen atoms in total. The van der Waals surface area contributed by atoms with Crippen molar-refractivity contribution in [3.63, 3.8) is 0 Å². The lowest BCUT2D eigenvalue weighted by Gasteiger charge is -2.21. The molecule has 0 heterocycles. The highest BCUT2D eigenvalue weighted by atomic mass is 16.5. The average molecular weight is 577 g/mol. The fourth-order valence-electron chi connectivity index (χ4n) is 6.68. The Kier molecular flexibility index (Phi) is 16.3. The number of hydrogen-bond donors (Lipinski definition) is 2. The standard InChI is InChI=1S/C38H60N2O2/c1(3-5-13-27-41-37-23-19-35(20-24-37)31-39-29-33-15-9-7-10-16-33)2-4-6-14-28-42-38-25-21-36(22-26-38)32-40-30-34-17-11-8-12-18-34/h19-26,33-34,39-40H,1-18,27-32H2. The quantitative estimate of drug-likeness (QED) is 0.145. The van der Waals surface area contributed by atoms with E-state index >= 15 is 0 Å². The van der Waals surface area contributed by atoms with Crippen LogP contribution in [0.4, 0.5) is 0 Å². The van der Waals surface area contributed by atoms with Gasteiger partial charge in [0.1, 0.15) is 11.5 Å². The van der Waals surface area contributed by atoms with Gasteiger partial charge in [0.15, 0.2) is 0 Å². The van der Waals surface area contributed by atoms with Gasteiger partial charge in [-0.1, -0.05) is 101 Å². The van der Waals surface area contributed by atoms with Gasteiger partial charge in [-0.2, -0.15) is 0 Å². The van der Waals surface area contributed by atoms with Crippen LogP contribution in [0, 0.1) is 11.8 Å². The Labute approximate surface area is 257 Å². The Morgan fingerprint density at radius 3 is 1.19 bits per heavy atom. The molecule has 234 valence electrons. The third-order valence-electron chi connectivity index (χ3n) is 9.40. The van der Waals surface area contributed by atoms with Crippen molar-refractivity contribution in [3.8, 4) is 11.5 Å². The van der Waals surface area contributed by atoms with Gasteiger partial charge in [0, 0.05) is 13.1 Å². The largest absolute Gasteiger partial charge is 0.494 e. The van der Waals surface area contributed by atoms with Gasteiger partial charge in [-0.05, 0) is 98.8 Å². The van der Waals surface area contributed by atoms with E-state index in [-0.39, 0.29) is 0 Å². The lowest BCUT2D eigenvalue weighted by atomic mass is 9.89. The molecule has 0 saturated heterocycles. The molecule has 0 aromatic heterocycles. The van der Waals surface area contributed by atoms with E-state index in [0.29, 0.717) is 0 Å². The summed E-state index contributed by atoms with van der Waals surface area (Å²) in [4.78, 5) is 0. The van der Waals surface area contributed by atoms with Crippen molar-refractivity contribution in [1.29, 1.82) is 0 Å². The summed E-state index contributed by atoms with van der Waals surface area (Å²) in [6.07, 6.45) is 24.3. The molecule has 0 amide bonds. The van der Waals surface area contributed by atoms with E-state index in [4.69, 9.17) is 9.47 Å².